The van der Waals surface area contributed by atoms with Crippen LogP contribution in [0.15, 0.2) is 12.7 Å². The maximum Gasteiger partial charge on any atom is 0.0408 e. The van der Waals surface area contributed by atoms with Gasteiger partial charge in [0.15, 0.2) is 0 Å². The Bertz CT molecular complexity index is 68.5. The molecule has 31 valence electrons. The summed E-state index contributed by atoms with van der Waals surface area (Å²) in [5.74, 6) is 0. The van der Waals surface area contributed by atoms with Crippen LogP contribution in [0.25, 0.3) is 0 Å². The van der Waals surface area contributed by atoms with Crippen molar-refractivity contribution in [3.63, 3.8) is 0 Å². The van der Waals surface area contributed by atoms with Crippen molar-refractivity contribution in [1.29, 1.82) is 0 Å². The lowest BCUT2D eigenvalue weighted by Crippen LogP contribution is -2.02. The van der Waals surface area contributed by atoms with Gasteiger partial charge in [-0.15, -0.1) is 6.58 Å². The quantitative estimate of drug-likeness (QED) is 0.218. The van der Waals surface area contributed by atoms with E-state index in [1.165, 1.54) is 0 Å². The second-order valence-electron chi connectivity index (χ2n) is 0.795. The van der Waals surface area contributed by atoms with E-state index in [1.54, 1.807) is 6.08 Å². The highest BCUT2D eigenvalue weighted by atomic mass is 14.8. The van der Waals surface area contributed by atoms with E-state index >= 15 is 0 Å². The largest absolute Gasteiger partial charge is 0.341 e. The van der Waals surface area contributed by atoms with Crippen molar-refractivity contribution in [2.24, 2.45) is 0 Å². The zero-order valence-corrected chi connectivity index (χ0v) is 3.49. The van der Waals surface area contributed by atoms with Crippen molar-refractivity contribution in [2.45, 2.75) is 0 Å². The second kappa shape index (κ2) is 4.10. The normalized spacial score (nSPS) is 5.83. The van der Waals surface area contributed by atoms with Crippen molar-refractivity contribution in [3.05, 3.63) is 19.1 Å². The molecule has 0 aliphatic rings. The SMILES string of the molecule is [C]#CNCC=C. The smallest absolute Gasteiger partial charge is 0.0408 e. The van der Waals surface area contributed by atoms with Crippen molar-refractivity contribution in [2.75, 3.05) is 6.54 Å². The van der Waals surface area contributed by atoms with E-state index in [4.69, 9.17) is 6.42 Å². The molecule has 0 saturated heterocycles. The van der Waals surface area contributed by atoms with Crippen molar-refractivity contribution in [3.8, 4) is 6.04 Å². The minimum Gasteiger partial charge on any atom is -0.341 e. The first-order valence-corrected chi connectivity index (χ1v) is 1.67. The third kappa shape index (κ3) is 3.10. The average molecular weight is 80.1 g/mol. The van der Waals surface area contributed by atoms with E-state index in [1.807, 2.05) is 6.04 Å². The van der Waals surface area contributed by atoms with E-state index < -0.39 is 0 Å². The molecule has 0 amide bonds. The Morgan fingerprint density at radius 3 is 2.83 bits per heavy atom. The summed E-state index contributed by atoms with van der Waals surface area (Å²) in [6.45, 7) is 4.04. The molecule has 6 heavy (non-hydrogen) atoms. The van der Waals surface area contributed by atoms with Gasteiger partial charge in [-0.2, -0.15) is 0 Å². The number of hydrogen-bond donors (Lipinski definition) is 1. The van der Waals surface area contributed by atoms with Gasteiger partial charge in [-0.1, -0.05) is 6.08 Å². The molecule has 0 saturated carbocycles. The van der Waals surface area contributed by atoms with Gasteiger partial charge in [0.1, 0.15) is 0 Å². The van der Waals surface area contributed by atoms with Gasteiger partial charge >= 0.3 is 0 Å². The lowest BCUT2D eigenvalue weighted by atomic mass is 10.6. The van der Waals surface area contributed by atoms with Crippen LogP contribution in [0.2, 0.25) is 0 Å². The Balaban J connectivity index is 2.72. The van der Waals surface area contributed by atoms with Gasteiger partial charge in [-0.25, -0.2) is 0 Å². The third-order valence-corrected chi connectivity index (χ3v) is 0.335. The fourth-order valence-corrected chi connectivity index (χ4v) is 0.123. The van der Waals surface area contributed by atoms with Crippen molar-refractivity contribution < 1.29 is 0 Å². The van der Waals surface area contributed by atoms with Gasteiger partial charge in [0, 0.05) is 19.0 Å². The molecule has 1 N–H and O–H groups in total. The van der Waals surface area contributed by atoms with Gasteiger partial charge in [0.2, 0.25) is 0 Å². The first-order chi connectivity index (χ1) is 2.91. The van der Waals surface area contributed by atoms with Crippen LogP contribution < -0.4 is 5.32 Å². The Morgan fingerprint density at radius 2 is 2.67 bits per heavy atom. The number of rotatable bonds is 2. The van der Waals surface area contributed by atoms with E-state index in [-0.39, 0.29) is 0 Å². The summed E-state index contributed by atoms with van der Waals surface area (Å²) in [6, 6.07) is 2.00. The van der Waals surface area contributed by atoms with Gasteiger partial charge in [0.05, 0.1) is 0 Å². The van der Waals surface area contributed by atoms with Crippen LogP contribution in [0, 0.1) is 12.5 Å². The van der Waals surface area contributed by atoms with Crippen LogP contribution in [0.1, 0.15) is 0 Å². The predicted octanol–water partition coefficient (Wildman–Crippen LogP) is 0.309. The molecule has 0 atom stereocenters. The Kier molecular flexibility index (Phi) is 3.48. The van der Waals surface area contributed by atoms with Crippen LogP contribution in [0.5, 0.6) is 0 Å². The van der Waals surface area contributed by atoms with Gasteiger partial charge in [-0.3, -0.25) is 0 Å². The molecule has 0 unspecified atom stereocenters. The lowest BCUT2D eigenvalue weighted by Gasteiger charge is -1.81. The van der Waals surface area contributed by atoms with Crippen LogP contribution in [-0.4, -0.2) is 6.54 Å². The predicted molar refractivity (Wildman–Crippen MR) is 25.3 cm³/mol. The fourth-order valence-electron chi connectivity index (χ4n) is 0.123. The Labute approximate surface area is 38.1 Å². The van der Waals surface area contributed by atoms with E-state index in [0.717, 1.165) is 0 Å². The Hall–Kier alpha value is -0.900. The molecule has 1 radical (unpaired) electrons. The first-order valence-electron chi connectivity index (χ1n) is 1.67. The summed E-state index contributed by atoms with van der Waals surface area (Å²) >= 11 is 0. The van der Waals surface area contributed by atoms with Crippen LogP contribution in [0.4, 0.5) is 0 Å². The summed E-state index contributed by atoms with van der Waals surface area (Å²) in [5.41, 5.74) is 0. The highest BCUT2D eigenvalue weighted by Gasteiger charge is 1.60. The molecule has 0 fully saturated rings. The number of hydrogen-bond acceptors (Lipinski definition) is 1. The van der Waals surface area contributed by atoms with E-state index in [9.17, 15) is 0 Å². The summed E-state index contributed by atoms with van der Waals surface area (Å²) < 4.78 is 0. The zero-order chi connectivity index (χ0) is 4.83. The minimum atomic E-state index is 0.628. The molecule has 1 heteroatoms. The topological polar surface area (TPSA) is 12.0 Å². The molecule has 0 aromatic rings. The first kappa shape index (κ1) is 5.10. The molecule has 0 spiro atoms. The monoisotopic (exact) mass is 80.1 g/mol. The molecule has 0 heterocycles. The van der Waals surface area contributed by atoms with Crippen LogP contribution in [0.3, 0.4) is 0 Å². The summed E-state index contributed by atoms with van der Waals surface area (Å²) in [5, 5.41) is 2.50. The standard InChI is InChI=1S/C5H6N/c1-3-5-6-4-2/h3,6H,1,5H2. The van der Waals surface area contributed by atoms with E-state index in [2.05, 4.69) is 11.9 Å². The molecule has 0 aromatic carbocycles. The molecular formula is C5H6N. The van der Waals surface area contributed by atoms with Crippen LogP contribution in [-0.2, 0) is 0 Å². The average Bonchev–Trinajstić information content (AvgIpc) is 1.61. The maximum absolute atomic E-state index is 6.30. The highest BCUT2D eigenvalue weighted by Crippen LogP contribution is 1.51. The number of nitrogens with one attached hydrogen (secondary N) is 1. The van der Waals surface area contributed by atoms with Gasteiger partial charge in [0.25, 0.3) is 0 Å². The molecule has 1 nitrogen and oxygen atoms in total. The molecule has 0 bridgehead atoms. The fraction of sp³-hybridized carbons (Fsp3) is 0.200. The van der Waals surface area contributed by atoms with Gasteiger partial charge in [-0.05, 0) is 0 Å². The summed E-state index contributed by atoms with van der Waals surface area (Å²) in [6.07, 6.45) is 7.97. The molecule has 0 aliphatic carbocycles. The summed E-state index contributed by atoms with van der Waals surface area (Å²) in [4.78, 5) is 0. The van der Waals surface area contributed by atoms with Crippen molar-refractivity contribution in [1.82, 2.24) is 5.32 Å². The maximum atomic E-state index is 6.30. The van der Waals surface area contributed by atoms with Gasteiger partial charge < -0.3 is 5.32 Å². The van der Waals surface area contributed by atoms with Crippen LogP contribution >= 0.6 is 0 Å². The Morgan fingerprint density at radius 1 is 2.00 bits per heavy atom. The lowest BCUT2D eigenvalue weighted by molar-refractivity contribution is 1.03. The molecular weight excluding hydrogens is 74.1 g/mol. The highest BCUT2D eigenvalue weighted by molar-refractivity contribution is 4.78. The molecule has 0 rings (SSSR count). The summed E-state index contributed by atoms with van der Waals surface area (Å²) in [7, 11) is 0. The zero-order valence-electron chi connectivity index (χ0n) is 3.49. The minimum absolute atomic E-state index is 0.628. The molecule has 0 aliphatic heterocycles. The van der Waals surface area contributed by atoms with Crippen molar-refractivity contribution >= 4 is 0 Å². The molecule has 0 aromatic heterocycles. The third-order valence-electron chi connectivity index (χ3n) is 0.335. The van der Waals surface area contributed by atoms with E-state index in [0.29, 0.717) is 6.54 Å². The second-order valence-corrected chi connectivity index (χ2v) is 0.795.